The van der Waals surface area contributed by atoms with Crippen molar-refractivity contribution in [3.63, 3.8) is 0 Å². The average Bonchev–Trinajstić information content (AvgIpc) is 2.94. The summed E-state index contributed by atoms with van der Waals surface area (Å²) in [4.78, 5) is 49.8. The number of imide groups is 1. The van der Waals surface area contributed by atoms with Crippen LogP contribution in [0.5, 0.6) is 0 Å². The summed E-state index contributed by atoms with van der Waals surface area (Å²) < 4.78 is 4.72. The fourth-order valence-corrected chi connectivity index (χ4v) is 3.15. The normalized spacial score (nSPS) is 12.7. The summed E-state index contributed by atoms with van der Waals surface area (Å²) in [6.07, 6.45) is 0.475. The van der Waals surface area contributed by atoms with Gasteiger partial charge in [-0.05, 0) is 43.2 Å². The van der Waals surface area contributed by atoms with E-state index in [4.69, 9.17) is 4.74 Å². The van der Waals surface area contributed by atoms with Crippen molar-refractivity contribution >= 4 is 29.4 Å². The average molecular weight is 380 g/mol. The minimum absolute atomic E-state index is 0.134. The third-order valence-corrected chi connectivity index (χ3v) is 4.68. The molecule has 3 rings (SSSR count). The Bertz CT molecular complexity index is 932. The molecule has 0 atom stereocenters. The van der Waals surface area contributed by atoms with E-state index < -0.39 is 5.97 Å². The van der Waals surface area contributed by atoms with Gasteiger partial charge in [0.25, 0.3) is 11.8 Å². The zero-order chi connectivity index (χ0) is 20.3. The number of anilines is 1. The van der Waals surface area contributed by atoms with E-state index in [1.54, 1.807) is 49.4 Å². The molecule has 0 saturated carbocycles. The Hall–Kier alpha value is -3.48. The number of carbonyl (C=O) groups excluding carboxylic acids is 4. The zero-order valence-electron chi connectivity index (χ0n) is 15.7. The SMILES string of the molecule is COC(=O)c1cccc(NC(=O)CCCN2C(=O)c3ccccc3C2=O)c1C. The van der Waals surface area contributed by atoms with Crippen molar-refractivity contribution in [2.24, 2.45) is 0 Å². The molecule has 1 N–H and O–H groups in total. The van der Waals surface area contributed by atoms with Crippen LogP contribution in [0, 0.1) is 6.92 Å². The predicted octanol–water partition coefficient (Wildman–Crippen LogP) is 2.80. The summed E-state index contributed by atoms with van der Waals surface area (Å²) in [6, 6.07) is 11.7. The zero-order valence-corrected chi connectivity index (χ0v) is 15.7. The molecule has 0 radical (unpaired) electrons. The van der Waals surface area contributed by atoms with E-state index in [9.17, 15) is 19.2 Å². The number of rotatable bonds is 6. The smallest absolute Gasteiger partial charge is 0.338 e. The van der Waals surface area contributed by atoms with Crippen LogP contribution in [0.15, 0.2) is 42.5 Å². The third-order valence-electron chi connectivity index (χ3n) is 4.68. The highest BCUT2D eigenvalue weighted by molar-refractivity contribution is 6.21. The van der Waals surface area contributed by atoms with Gasteiger partial charge in [0.15, 0.2) is 0 Å². The van der Waals surface area contributed by atoms with Gasteiger partial charge in [0.1, 0.15) is 0 Å². The largest absolute Gasteiger partial charge is 0.465 e. The topological polar surface area (TPSA) is 92.8 Å². The van der Waals surface area contributed by atoms with Gasteiger partial charge in [-0.15, -0.1) is 0 Å². The van der Waals surface area contributed by atoms with E-state index in [1.165, 1.54) is 12.0 Å². The van der Waals surface area contributed by atoms with Crippen LogP contribution in [0.25, 0.3) is 0 Å². The van der Waals surface area contributed by atoms with Gasteiger partial charge < -0.3 is 10.1 Å². The number of ether oxygens (including phenoxy) is 1. The van der Waals surface area contributed by atoms with Gasteiger partial charge >= 0.3 is 5.97 Å². The molecule has 2 aromatic carbocycles. The molecule has 2 aromatic rings. The number of hydrogen-bond acceptors (Lipinski definition) is 5. The Morgan fingerprint density at radius 2 is 1.64 bits per heavy atom. The molecule has 1 heterocycles. The lowest BCUT2D eigenvalue weighted by atomic mass is 10.1. The van der Waals surface area contributed by atoms with Gasteiger partial charge in [-0.1, -0.05) is 18.2 Å². The first-order valence-electron chi connectivity index (χ1n) is 8.87. The second-order valence-electron chi connectivity index (χ2n) is 6.43. The molecule has 144 valence electrons. The monoisotopic (exact) mass is 380 g/mol. The fraction of sp³-hybridized carbons (Fsp3) is 0.238. The van der Waals surface area contributed by atoms with Crippen LogP contribution >= 0.6 is 0 Å². The minimum Gasteiger partial charge on any atom is -0.465 e. The number of carbonyl (C=O) groups is 4. The molecule has 3 amide bonds. The van der Waals surface area contributed by atoms with Crippen molar-refractivity contribution in [1.29, 1.82) is 0 Å². The molecule has 0 aliphatic carbocycles. The van der Waals surface area contributed by atoms with Crippen LogP contribution < -0.4 is 5.32 Å². The van der Waals surface area contributed by atoms with E-state index in [0.29, 0.717) is 34.4 Å². The number of hydrogen-bond donors (Lipinski definition) is 1. The summed E-state index contributed by atoms with van der Waals surface area (Å²) in [5, 5.41) is 2.76. The number of benzene rings is 2. The van der Waals surface area contributed by atoms with Crippen molar-refractivity contribution in [3.8, 4) is 0 Å². The Kier molecular flexibility index (Phi) is 5.54. The van der Waals surface area contributed by atoms with Crippen LogP contribution in [-0.2, 0) is 9.53 Å². The Morgan fingerprint density at radius 1 is 1.00 bits per heavy atom. The fourth-order valence-electron chi connectivity index (χ4n) is 3.15. The number of amides is 3. The number of esters is 1. The maximum Gasteiger partial charge on any atom is 0.338 e. The number of methoxy groups -OCH3 is 1. The van der Waals surface area contributed by atoms with Crippen LogP contribution in [0.3, 0.4) is 0 Å². The number of fused-ring (bicyclic) bond motifs is 1. The summed E-state index contributed by atoms with van der Waals surface area (Å²) in [6.45, 7) is 1.89. The maximum atomic E-state index is 12.3. The molecule has 28 heavy (non-hydrogen) atoms. The van der Waals surface area contributed by atoms with Gasteiger partial charge in [-0.2, -0.15) is 0 Å². The summed E-state index contributed by atoms with van der Waals surface area (Å²) >= 11 is 0. The van der Waals surface area contributed by atoms with Crippen LogP contribution in [0.2, 0.25) is 0 Å². The molecule has 0 aromatic heterocycles. The maximum absolute atomic E-state index is 12.3. The van der Waals surface area contributed by atoms with Gasteiger partial charge in [0, 0.05) is 18.7 Å². The molecular weight excluding hydrogens is 360 g/mol. The van der Waals surface area contributed by atoms with Crippen molar-refractivity contribution in [1.82, 2.24) is 4.90 Å². The van der Waals surface area contributed by atoms with Gasteiger partial charge in [-0.25, -0.2) is 4.79 Å². The molecule has 0 bridgehead atoms. The Morgan fingerprint density at radius 3 is 2.25 bits per heavy atom. The molecule has 7 heteroatoms. The van der Waals surface area contributed by atoms with Crippen molar-refractivity contribution < 1.29 is 23.9 Å². The molecule has 0 saturated heterocycles. The quantitative estimate of drug-likeness (QED) is 0.614. The van der Waals surface area contributed by atoms with E-state index >= 15 is 0 Å². The summed E-state index contributed by atoms with van der Waals surface area (Å²) in [5.74, 6) is -1.40. The lowest BCUT2D eigenvalue weighted by molar-refractivity contribution is -0.116. The predicted molar refractivity (Wildman–Crippen MR) is 102 cm³/mol. The van der Waals surface area contributed by atoms with E-state index in [-0.39, 0.29) is 30.7 Å². The van der Waals surface area contributed by atoms with E-state index in [1.807, 2.05) is 0 Å². The lowest BCUT2D eigenvalue weighted by Gasteiger charge is -2.14. The highest BCUT2D eigenvalue weighted by Gasteiger charge is 2.34. The highest BCUT2D eigenvalue weighted by atomic mass is 16.5. The Balaban J connectivity index is 1.57. The number of nitrogens with zero attached hydrogens (tertiary/aromatic N) is 1. The summed E-state index contributed by atoms with van der Waals surface area (Å²) in [7, 11) is 1.30. The first-order chi connectivity index (χ1) is 13.4. The van der Waals surface area contributed by atoms with Gasteiger partial charge in [0.05, 0.1) is 23.8 Å². The standard InChI is InChI=1S/C21H20N2O5/c1-13-14(21(27)28-2)9-5-10-17(13)22-18(24)11-6-12-23-19(25)15-7-3-4-8-16(15)20(23)26/h3-5,7-10H,6,11-12H2,1-2H3,(H,22,24). The van der Waals surface area contributed by atoms with Crippen molar-refractivity contribution in [2.45, 2.75) is 19.8 Å². The highest BCUT2D eigenvalue weighted by Crippen LogP contribution is 2.23. The molecular formula is C21H20N2O5. The second kappa shape index (κ2) is 8.04. The van der Waals surface area contributed by atoms with Crippen LogP contribution in [-0.4, -0.2) is 42.2 Å². The molecule has 1 aliphatic heterocycles. The lowest BCUT2D eigenvalue weighted by Crippen LogP contribution is -2.31. The summed E-state index contributed by atoms with van der Waals surface area (Å²) in [5.41, 5.74) is 2.31. The molecule has 1 aliphatic rings. The molecule has 0 unspecified atom stereocenters. The molecule has 7 nitrogen and oxygen atoms in total. The Labute approximate surface area is 162 Å². The second-order valence-corrected chi connectivity index (χ2v) is 6.43. The van der Waals surface area contributed by atoms with Crippen LogP contribution in [0.1, 0.15) is 49.5 Å². The van der Waals surface area contributed by atoms with E-state index in [2.05, 4.69) is 5.32 Å². The van der Waals surface area contributed by atoms with Crippen molar-refractivity contribution in [3.05, 3.63) is 64.7 Å². The minimum atomic E-state index is -0.473. The first kappa shape index (κ1) is 19.3. The molecule has 0 fully saturated rings. The number of nitrogens with one attached hydrogen (secondary N) is 1. The van der Waals surface area contributed by atoms with Gasteiger partial charge in [0.2, 0.25) is 5.91 Å². The van der Waals surface area contributed by atoms with Crippen LogP contribution in [0.4, 0.5) is 5.69 Å². The first-order valence-corrected chi connectivity index (χ1v) is 8.87. The van der Waals surface area contributed by atoms with E-state index in [0.717, 1.165) is 0 Å². The van der Waals surface area contributed by atoms with Gasteiger partial charge in [-0.3, -0.25) is 19.3 Å². The third kappa shape index (κ3) is 3.64. The molecule has 0 spiro atoms. The van der Waals surface area contributed by atoms with Crippen molar-refractivity contribution in [2.75, 3.05) is 19.0 Å².